The van der Waals surface area contributed by atoms with Gasteiger partial charge >= 0.3 is 11.9 Å². The van der Waals surface area contributed by atoms with E-state index in [1.165, 1.54) is 23.9 Å². The van der Waals surface area contributed by atoms with E-state index >= 15 is 0 Å². The number of hydrogen-bond acceptors (Lipinski definition) is 6. The fourth-order valence-corrected chi connectivity index (χ4v) is 6.48. The standard InChI is InChI=1S/C31H24N2O6S2/c1-2-25(29(35)33-23-7-3-5-9-26(23)41-27-10-6-4-8-24(27)33)40-20-14-12-19(13-15-20)32-28(34)21-16-11-18(30(36)37)17-22(21)31(38)39/h3-17,25H,2H2,1H3,(H,32,34)(H,36,37)(H,38,39). The van der Waals surface area contributed by atoms with Crippen molar-refractivity contribution in [2.75, 3.05) is 10.2 Å². The van der Waals surface area contributed by atoms with Crippen LogP contribution in [0.15, 0.2) is 106 Å². The first kappa shape index (κ1) is 28.0. The molecule has 10 heteroatoms. The van der Waals surface area contributed by atoms with Crippen molar-refractivity contribution >= 4 is 64.3 Å². The number of hydrogen-bond donors (Lipinski definition) is 3. The molecular formula is C31H24N2O6S2. The molecule has 41 heavy (non-hydrogen) atoms. The molecule has 1 atom stereocenters. The number of thioether (sulfide) groups is 1. The Morgan fingerprint density at radius 1 is 0.805 bits per heavy atom. The summed E-state index contributed by atoms with van der Waals surface area (Å²) in [4.78, 5) is 54.2. The van der Waals surface area contributed by atoms with Gasteiger partial charge in [-0.2, -0.15) is 0 Å². The number of benzene rings is 4. The van der Waals surface area contributed by atoms with Gasteiger partial charge in [0.1, 0.15) is 0 Å². The zero-order valence-corrected chi connectivity index (χ0v) is 23.4. The molecule has 0 bridgehead atoms. The summed E-state index contributed by atoms with van der Waals surface area (Å²) in [6.45, 7) is 1.97. The van der Waals surface area contributed by atoms with Crippen LogP contribution in [0, 0.1) is 0 Å². The third kappa shape index (κ3) is 5.84. The largest absolute Gasteiger partial charge is 0.478 e. The van der Waals surface area contributed by atoms with Crippen LogP contribution in [0.1, 0.15) is 44.4 Å². The number of fused-ring (bicyclic) bond motifs is 2. The average molecular weight is 585 g/mol. The van der Waals surface area contributed by atoms with Gasteiger partial charge in [0.05, 0.1) is 33.3 Å². The quantitative estimate of drug-likeness (QED) is 0.189. The summed E-state index contributed by atoms with van der Waals surface area (Å²) >= 11 is 3.07. The first-order chi connectivity index (χ1) is 19.8. The third-order valence-electron chi connectivity index (χ3n) is 6.43. The first-order valence-electron chi connectivity index (χ1n) is 12.7. The van der Waals surface area contributed by atoms with Crippen LogP contribution >= 0.6 is 23.5 Å². The van der Waals surface area contributed by atoms with E-state index in [0.717, 1.165) is 32.1 Å². The summed E-state index contributed by atoms with van der Waals surface area (Å²) in [6, 6.07) is 25.9. The van der Waals surface area contributed by atoms with Crippen LogP contribution in [0.5, 0.6) is 0 Å². The van der Waals surface area contributed by atoms with E-state index in [-0.39, 0.29) is 22.3 Å². The minimum Gasteiger partial charge on any atom is -0.478 e. The van der Waals surface area contributed by atoms with Crippen molar-refractivity contribution in [3.63, 3.8) is 0 Å². The minimum absolute atomic E-state index is 0.0268. The van der Waals surface area contributed by atoms with Gasteiger partial charge in [0.25, 0.3) is 5.91 Å². The number of anilines is 3. The van der Waals surface area contributed by atoms with Crippen molar-refractivity contribution in [1.82, 2.24) is 0 Å². The second-order valence-electron chi connectivity index (χ2n) is 9.08. The van der Waals surface area contributed by atoms with Gasteiger partial charge < -0.3 is 15.5 Å². The van der Waals surface area contributed by atoms with Crippen LogP contribution in [0.2, 0.25) is 0 Å². The number of rotatable bonds is 8. The Hall–Kier alpha value is -4.54. The molecule has 1 heterocycles. The van der Waals surface area contributed by atoms with Crippen molar-refractivity contribution in [3.8, 4) is 0 Å². The van der Waals surface area contributed by atoms with Crippen molar-refractivity contribution in [2.24, 2.45) is 0 Å². The van der Waals surface area contributed by atoms with Crippen molar-refractivity contribution in [3.05, 3.63) is 108 Å². The topological polar surface area (TPSA) is 124 Å². The van der Waals surface area contributed by atoms with Gasteiger partial charge in [0, 0.05) is 20.4 Å². The highest BCUT2D eigenvalue weighted by atomic mass is 32.2. The molecule has 1 aliphatic heterocycles. The van der Waals surface area contributed by atoms with E-state index in [4.69, 9.17) is 5.11 Å². The molecule has 3 N–H and O–H groups in total. The van der Waals surface area contributed by atoms with Gasteiger partial charge in [-0.3, -0.25) is 14.5 Å². The molecule has 0 saturated heterocycles. The smallest absolute Gasteiger partial charge is 0.336 e. The molecule has 5 rings (SSSR count). The number of carbonyl (C=O) groups excluding carboxylic acids is 2. The summed E-state index contributed by atoms with van der Waals surface area (Å²) in [6.07, 6.45) is 0.597. The Morgan fingerprint density at radius 2 is 1.41 bits per heavy atom. The summed E-state index contributed by atoms with van der Waals surface area (Å²) in [5.41, 5.74) is 1.35. The average Bonchev–Trinajstić information content (AvgIpc) is 2.98. The van der Waals surface area contributed by atoms with Crippen molar-refractivity contribution in [2.45, 2.75) is 33.3 Å². The molecule has 4 aromatic rings. The maximum Gasteiger partial charge on any atom is 0.336 e. The Balaban J connectivity index is 1.33. The van der Waals surface area contributed by atoms with Crippen molar-refractivity contribution < 1.29 is 29.4 Å². The molecule has 0 spiro atoms. The SMILES string of the molecule is CCC(Sc1ccc(NC(=O)c2ccc(C(=O)O)cc2C(=O)O)cc1)C(=O)N1c2ccccc2Sc2ccccc21. The fourth-order valence-electron chi connectivity index (χ4n) is 4.43. The summed E-state index contributed by atoms with van der Waals surface area (Å²) in [5, 5.41) is 20.9. The lowest BCUT2D eigenvalue weighted by molar-refractivity contribution is -0.117. The maximum atomic E-state index is 13.9. The van der Waals surface area contributed by atoms with E-state index in [2.05, 4.69) is 5.32 Å². The third-order valence-corrected chi connectivity index (χ3v) is 8.93. The summed E-state index contributed by atoms with van der Waals surface area (Å²) < 4.78 is 0. The van der Waals surface area contributed by atoms with Gasteiger partial charge in [0.2, 0.25) is 5.91 Å². The number of nitrogens with zero attached hydrogens (tertiary/aromatic N) is 1. The molecule has 0 fully saturated rings. The lowest BCUT2D eigenvalue weighted by Crippen LogP contribution is -2.35. The predicted octanol–water partition coefficient (Wildman–Crippen LogP) is 7.04. The van der Waals surface area contributed by atoms with E-state index in [1.807, 2.05) is 55.5 Å². The molecule has 0 aliphatic carbocycles. The fraction of sp³-hybridized carbons (Fsp3) is 0.0968. The molecule has 1 unspecified atom stereocenters. The molecule has 206 valence electrons. The molecule has 2 amide bonds. The summed E-state index contributed by atoms with van der Waals surface area (Å²) in [7, 11) is 0. The Kier molecular flexibility index (Phi) is 8.14. The Labute approximate surface area is 244 Å². The number of para-hydroxylation sites is 2. The number of carboxylic acid groups (broad SMARTS) is 2. The lowest BCUT2D eigenvalue weighted by Gasteiger charge is -2.33. The normalized spacial score (nSPS) is 12.6. The maximum absolute atomic E-state index is 13.9. The van der Waals surface area contributed by atoms with Crippen LogP contribution in [-0.2, 0) is 4.79 Å². The monoisotopic (exact) mass is 584 g/mol. The van der Waals surface area contributed by atoms with Crippen LogP contribution in [0.4, 0.5) is 17.1 Å². The van der Waals surface area contributed by atoms with Gasteiger partial charge in [-0.15, -0.1) is 11.8 Å². The predicted molar refractivity (Wildman–Crippen MR) is 159 cm³/mol. The van der Waals surface area contributed by atoms with Crippen LogP contribution < -0.4 is 10.2 Å². The Morgan fingerprint density at radius 3 is 1.98 bits per heavy atom. The first-order valence-corrected chi connectivity index (χ1v) is 14.3. The van der Waals surface area contributed by atoms with Gasteiger partial charge in [0.15, 0.2) is 0 Å². The number of carboxylic acids is 2. The molecule has 0 radical (unpaired) electrons. The zero-order valence-electron chi connectivity index (χ0n) is 21.7. The van der Waals surface area contributed by atoms with Crippen LogP contribution in [0.25, 0.3) is 0 Å². The molecular weight excluding hydrogens is 560 g/mol. The highest BCUT2D eigenvalue weighted by Gasteiger charge is 2.32. The van der Waals surface area contributed by atoms with Crippen molar-refractivity contribution in [1.29, 1.82) is 0 Å². The van der Waals surface area contributed by atoms with E-state index in [9.17, 15) is 24.3 Å². The number of amides is 2. The number of carbonyl (C=O) groups is 4. The van der Waals surface area contributed by atoms with Gasteiger partial charge in [-0.25, -0.2) is 9.59 Å². The molecule has 0 saturated carbocycles. The minimum atomic E-state index is -1.40. The molecule has 4 aromatic carbocycles. The van der Waals surface area contributed by atoms with E-state index in [0.29, 0.717) is 12.1 Å². The number of nitrogens with one attached hydrogen (secondary N) is 1. The van der Waals surface area contributed by atoms with Crippen LogP contribution in [0.3, 0.4) is 0 Å². The zero-order chi connectivity index (χ0) is 29.1. The van der Waals surface area contributed by atoms with E-state index in [1.54, 1.807) is 40.9 Å². The molecule has 8 nitrogen and oxygen atoms in total. The second kappa shape index (κ2) is 11.9. The second-order valence-corrected chi connectivity index (χ2v) is 11.4. The summed E-state index contributed by atoms with van der Waals surface area (Å²) in [5.74, 6) is -3.40. The van der Waals surface area contributed by atoms with Gasteiger partial charge in [-0.05, 0) is 73.2 Å². The highest BCUT2D eigenvalue weighted by Crippen LogP contribution is 2.48. The highest BCUT2D eigenvalue weighted by molar-refractivity contribution is 8.00. The van der Waals surface area contributed by atoms with Gasteiger partial charge in [-0.1, -0.05) is 43.0 Å². The number of aromatic carboxylic acids is 2. The Bertz CT molecular complexity index is 1630. The van der Waals surface area contributed by atoms with E-state index < -0.39 is 23.4 Å². The molecule has 0 aromatic heterocycles. The lowest BCUT2D eigenvalue weighted by atomic mass is 10.0. The van der Waals surface area contributed by atoms with Crippen LogP contribution in [-0.4, -0.2) is 39.2 Å². The molecule has 1 aliphatic rings.